The van der Waals surface area contributed by atoms with Gasteiger partial charge in [0, 0.05) is 17.2 Å². The molecule has 0 bridgehead atoms. The molecule has 0 unspecified atom stereocenters. The van der Waals surface area contributed by atoms with Gasteiger partial charge in [0.25, 0.3) is 0 Å². The molecule has 1 heterocycles. The van der Waals surface area contributed by atoms with Crippen molar-refractivity contribution >= 4 is 27.5 Å². The van der Waals surface area contributed by atoms with Gasteiger partial charge in [0.2, 0.25) is 10.0 Å². The van der Waals surface area contributed by atoms with Gasteiger partial charge < -0.3 is 4.74 Å². The second kappa shape index (κ2) is 8.44. The summed E-state index contributed by atoms with van der Waals surface area (Å²) in [5, 5.41) is 0. The van der Waals surface area contributed by atoms with Gasteiger partial charge in [-0.15, -0.1) is 0 Å². The van der Waals surface area contributed by atoms with Crippen LogP contribution < -0.4 is 4.72 Å². The number of carbonyl (C=O) groups is 2. The van der Waals surface area contributed by atoms with E-state index in [2.05, 4.69) is 4.72 Å². The number of hydrogen-bond acceptors (Lipinski definition) is 6. The number of carbonyl (C=O) groups excluding carboxylic acids is 2. The van der Waals surface area contributed by atoms with Crippen molar-refractivity contribution in [2.75, 3.05) is 37.2 Å². The Labute approximate surface area is 148 Å². The summed E-state index contributed by atoms with van der Waals surface area (Å²) >= 11 is 0. The Kier molecular flexibility index (Phi) is 6.55. The van der Waals surface area contributed by atoms with Crippen LogP contribution in [0.3, 0.4) is 0 Å². The van der Waals surface area contributed by atoms with E-state index in [1.807, 2.05) is 4.90 Å². The molecule has 1 fully saturated rings. The first-order chi connectivity index (χ1) is 11.8. The monoisotopic (exact) mass is 368 g/mol. The van der Waals surface area contributed by atoms with Gasteiger partial charge in [-0.25, -0.2) is 8.42 Å². The molecule has 1 aromatic carbocycles. The highest BCUT2D eigenvalue weighted by molar-refractivity contribution is 7.92. The number of nitrogens with one attached hydrogen (secondary N) is 1. The zero-order valence-corrected chi connectivity index (χ0v) is 15.3. The zero-order valence-electron chi connectivity index (χ0n) is 14.5. The maximum absolute atomic E-state index is 12.6. The van der Waals surface area contributed by atoms with Gasteiger partial charge in [0.15, 0.2) is 5.78 Å². The highest BCUT2D eigenvalue weighted by Crippen LogP contribution is 2.22. The van der Waals surface area contributed by atoms with Crippen LogP contribution >= 0.6 is 0 Å². The lowest BCUT2D eigenvalue weighted by Crippen LogP contribution is -2.39. The number of anilines is 1. The van der Waals surface area contributed by atoms with Crippen LogP contribution in [0.15, 0.2) is 24.3 Å². The number of sulfonamides is 1. The topological polar surface area (TPSA) is 92.8 Å². The van der Waals surface area contributed by atoms with Crippen molar-refractivity contribution in [1.29, 1.82) is 0 Å². The van der Waals surface area contributed by atoms with E-state index in [9.17, 15) is 18.0 Å². The number of esters is 1. The largest absolute Gasteiger partial charge is 0.465 e. The Morgan fingerprint density at radius 3 is 2.32 bits per heavy atom. The maximum atomic E-state index is 12.6. The smallest absolute Gasteiger partial charge is 0.320 e. The summed E-state index contributed by atoms with van der Waals surface area (Å²) in [5.41, 5.74) is 1.01. The average Bonchev–Trinajstić information content (AvgIpc) is 2.54. The molecule has 7 nitrogen and oxygen atoms in total. The quantitative estimate of drug-likeness (QED) is 0.579. The van der Waals surface area contributed by atoms with E-state index >= 15 is 0 Å². The maximum Gasteiger partial charge on any atom is 0.320 e. The molecular formula is C17H24N2O5S. The van der Waals surface area contributed by atoms with E-state index in [1.54, 1.807) is 31.2 Å². The molecule has 138 valence electrons. The van der Waals surface area contributed by atoms with E-state index in [0.717, 1.165) is 6.26 Å². The molecule has 0 radical (unpaired) electrons. The third-order valence-corrected chi connectivity index (χ3v) is 4.70. The van der Waals surface area contributed by atoms with E-state index in [-0.39, 0.29) is 24.2 Å². The van der Waals surface area contributed by atoms with Gasteiger partial charge in [-0.1, -0.05) is 0 Å². The molecule has 1 saturated heterocycles. The first-order valence-electron chi connectivity index (χ1n) is 8.28. The van der Waals surface area contributed by atoms with Crippen molar-refractivity contribution in [1.82, 2.24) is 4.90 Å². The highest BCUT2D eigenvalue weighted by atomic mass is 32.2. The highest BCUT2D eigenvalue weighted by Gasteiger charge is 2.26. The SMILES string of the molecule is CCOC(=O)CN1CCC(C(=O)c2ccc(NS(C)(=O)=O)cc2)CC1. The van der Waals surface area contributed by atoms with Gasteiger partial charge in [-0.2, -0.15) is 0 Å². The standard InChI is InChI=1S/C17H24N2O5S/c1-3-24-16(20)12-19-10-8-14(9-11-19)17(21)13-4-6-15(7-5-13)18-25(2,22)23/h4-7,14,18H,3,8-12H2,1-2H3. The molecule has 1 N–H and O–H groups in total. The first kappa shape index (κ1) is 19.4. The van der Waals surface area contributed by atoms with E-state index in [0.29, 0.717) is 43.8 Å². The normalized spacial score (nSPS) is 16.4. The summed E-state index contributed by atoms with van der Waals surface area (Å²) in [5.74, 6) is -0.255. The lowest BCUT2D eigenvalue weighted by Gasteiger charge is -2.30. The molecule has 0 atom stereocenters. The summed E-state index contributed by atoms with van der Waals surface area (Å²) in [4.78, 5) is 26.1. The number of likely N-dealkylation sites (tertiary alicyclic amines) is 1. The molecule has 8 heteroatoms. The molecule has 0 amide bonds. The number of rotatable bonds is 7. The van der Waals surface area contributed by atoms with Crippen LogP contribution in [-0.4, -0.2) is 57.6 Å². The lowest BCUT2D eigenvalue weighted by molar-refractivity contribution is -0.144. The zero-order chi connectivity index (χ0) is 18.4. The van der Waals surface area contributed by atoms with Gasteiger partial charge in [-0.05, 0) is 57.1 Å². The van der Waals surface area contributed by atoms with E-state index in [4.69, 9.17) is 4.74 Å². The summed E-state index contributed by atoms with van der Waals surface area (Å²) in [6.07, 6.45) is 2.47. The van der Waals surface area contributed by atoms with Crippen LogP contribution in [0.4, 0.5) is 5.69 Å². The van der Waals surface area contributed by atoms with Crippen LogP contribution in [0.2, 0.25) is 0 Å². The number of ketones is 1. The Morgan fingerprint density at radius 1 is 1.20 bits per heavy atom. The second-order valence-corrected chi connectivity index (χ2v) is 7.92. The average molecular weight is 368 g/mol. The summed E-state index contributed by atoms with van der Waals surface area (Å²) < 4.78 is 29.7. The molecule has 0 saturated carbocycles. The Bertz CT molecular complexity index is 707. The fourth-order valence-electron chi connectivity index (χ4n) is 2.89. The Morgan fingerprint density at radius 2 is 1.80 bits per heavy atom. The van der Waals surface area contributed by atoms with Crippen molar-refractivity contribution in [2.24, 2.45) is 5.92 Å². The molecular weight excluding hydrogens is 344 g/mol. The van der Waals surface area contributed by atoms with Crippen LogP contribution in [-0.2, 0) is 19.6 Å². The predicted molar refractivity (Wildman–Crippen MR) is 95.0 cm³/mol. The Hall–Kier alpha value is -1.93. The molecule has 1 aliphatic heterocycles. The Balaban J connectivity index is 1.88. The van der Waals surface area contributed by atoms with Crippen LogP contribution in [0, 0.1) is 5.92 Å². The fraction of sp³-hybridized carbons (Fsp3) is 0.529. The van der Waals surface area contributed by atoms with Gasteiger partial charge >= 0.3 is 5.97 Å². The molecule has 1 aliphatic rings. The predicted octanol–water partition coefficient (Wildman–Crippen LogP) is 1.52. The van der Waals surface area contributed by atoms with Gasteiger partial charge in [0.05, 0.1) is 19.4 Å². The minimum Gasteiger partial charge on any atom is -0.465 e. The van der Waals surface area contributed by atoms with Crippen LogP contribution in [0.1, 0.15) is 30.1 Å². The number of hydrogen-bond donors (Lipinski definition) is 1. The number of piperidine rings is 1. The van der Waals surface area contributed by atoms with E-state index in [1.165, 1.54) is 0 Å². The van der Waals surface area contributed by atoms with Gasteiger partial charge in [0.1, 0.15) is 0 Å². The minimum atomic E-state index is -3.33. The third kappa shape index (κ3) is 6.13. The molecule has 0 spiro atoms. The summed E-state index contributed by atoms with van der Waals surface area (Å²) in [7, 11) is -3.33. The van der Waals surface area contributed by atoms with Crippen molar-refractivity contribution in [3.8, 4) is 0 Å². The van der Waals surface area contributed by atoms with Crippen molar-refractivity contribution in [3.05, 3.63) is 29.8 Å². The van der Waals surface area contributed by atoms with Crippen LogP contribution in [0.25, 0.3) is 0 Å². The number of ether oxygens (including phenoxy) is 1. The lowest BCUT2D eigenvalue weighted by atomic mass is 9.89. The second-order valence-electron chi connectivity index (χ2n) is 6.17. The summed E-state index contributed by atoms with van der Waals surface area (Å²) in [6.45, 7) is 3.78. The molecule has 25 heavy (non-hydrogen) atoms. The first-order valence-corrected chi connectivity index (χ1v) is 10.2. The molecule has 0 aromatic heterocycles. The van der Waals surface area contributed by atoms with Crippen molar-refractivity contribution in [3.63, 3.8) is 0 Å². The molecule has 0 aliphatic carbocycles. The van der Waals surface area contributed by atoms with Crippen LogP contribution in [0.5, 0.6) is 0 Å². The number of nitrogens with zero attached hydrogens (tertiary/aromatic N) is 1. The van der Waals surface area contributed by atoms with Gasteiger partial charge in [-0.3, -0.25) is 19.2 Å². The minimum absolute atomic E-state index is 0.0571. The van der Waals surface area contributed by atoms with Crippen molar-refractivity contribution < 1.29 is 22.7 Å². The van der Waals surface area contributed by atoms with Crippen molar-refractivity contribution in [2.45, 2.75) is 19.8 Å². The third-order valence-electron chi connectivity index (χ3n) is 4.09. The number of Topliss-reactive ketones (excluding diaryl/α,β-unsaturated/α-hetero) is 1. The molecule has 1 aromatic rings. The summed E-state index contributed by atoms with van der Waals surface area (Å²) in [6, 6.07) is 6.45. The van der Waals surface area contributed by atoms with E-state index < -0.39 is 10.0 Å². The fourth-order valence-corrected chi connectivity index (χ4v) is 3.46. The number of benzene rings is 1. The molecule has 2 rings (SSSR count).